The van der Waals surface area contributed by atoms with Gasteiger partial charge in [0.2, 0.25) is 0 Å². The highest BCUT2D eigenvalue weighted by atomic mass is 32.2. The van der Waals surface area contributed by atoms with Gasteiger partial charge in [0.05, 0.1) is 4.90 Å². The number of hydrogen-bond acceptors (Lipinski definition) is 6. The third-order valence-corrected chi connectivity index (χ3v) is 3.69. The second-order valence-corrected chi connectivity index (χ2v) is 6.22. The Balaban J connectivity index is 2.29. The Hall–Kier alpha value is -1.73. The zero-order valence-corrected chi connectivity index (χ0v) is 11.4. The van der Waals surface area contributed by atoms with Crippen LogP contribution in [0.4, 0.5) is 0 Å². The van der Waals surface area contributed by atoms with E-state index in [1.165, 1.54) is 12.1 Å². The first kappa shape index (κ1) is 13.7. The van der Waals surface area contributed by atoms with Gasteiger partial charge in [-0.1, -0.05) is 11.2 Å². The van der Waals surface area contributed by atoms with Crippen LogP contribution in [0.15, 0.2) is 33.7 Å². The summed E-state index contributed by atoms with van der Waals surface area (Å²) in [7, 11) is -3.25. The second-order valence-electron chi connectivity index (χ2n) is 4.21. The fourth-order valence-corrected chi connectivity index (χ4v) is 2.26. The number of rotatable bonds is 5. The van der Waals surface area contributed by atoms with Crippen LogP contribution < -0.4 is 5.73 Å². The zero-order chi connectivity index (χ0) is 13.9. The van der Waals surface area contributed by atoms with Crippen LogP contribution in [-0.4, -0.2) is 31.4 Å². The molecule has 0 amide bonds. The maximum Gasteiger partial charge on any atom is 0.257 e. The molecule has 0 aliphatic heterocycles. The topological polar surface area (TPSA) is 99.1 Å². The average molecular weight is 281 g/mol. The summed E-state index contributed by atoms with van der Waals surface area (Å²) in [5, 5.41) is 3.83. The fourth-order valence-electron chi connectivity index (χ4n) is 1.59. The number of aromatic nitrogens is 2. The summed E-state index contributed by atoms with van der Waals surface area (Å²) in [6, 6.07) is 6.43. The molecule has 102 valence electrons. The normalized spacial score (nSPS) is 11.7. The molecule has 0 spiro atoms. The number of hydrogen-bond donors (Lipinski definition) is 1. The second kappa shape index (κ2) is 5.50. The van der Waals surface area contributed by atoms with Crippen molar-refractivity contribution < 1.29 is 12.9 Å². The molecule has 1 aromatic carbocycles. The van der Waals surface area contributed by atoms with Gasteiger partial charge in [-0.2, -0.15) is 4.98 Å². The van der Waals surface area contributed by atoms with E-state index < -0.39 is 9.84 Å². The van der Waals surface area contributed by atoms with Crippen LogP contribution in [0.25, 0.3) is 11.5 Å². The molecule has 2 aromatic rings. The van der Waals surface area contributed by atoms with Crippen LogP contribution in [-0.2, 0) is 16.3 Å². The highest BCUT2D eigenvalue weighted by molar-refractivity contribution is 7.90. The zero-order valence-electron chi connectivity index (χ0n) is 10.5. The monoisotopic (exact) mass is 281 g/mol. The van der Waals surface area contributed by atoms with Gasteiger partial charge >= 0.3 is 0 Å². The largest absolute Gasteiger partial charge is 0.334 e. The third kappa shape index (κ3) is 3.39. The average Bonchev–Trinajstić information content (AvgIpc) is 2.84. The molecule has 0 radical (unpaired) electrons. The maximum absolute atomic E-state index is 11.5. The number of benzene rings is 1. The molecule has 1 heterocycles. The third-order valence-electron chi connectivity index (χ3n) is 2.58. The summed E-state index contributed by atoms with van der Waals surface area (Å²) in [6.07, 6.45) is 2.58. The predicted octanol–water partition coefficient (Wildman–Crippen LogP) is 1.03. The molecule has 0 aliphatic carbocycles. The van der Waals surface area contributed by atoms with Crippen molar-refractivity contribution in [2.45, 2.75) is 17.7 Å². The van der Waals surface area contributed by atoms with Crippen molar-refractivity contribution in [3.8, 4) is 11.5 Å². The molecule has 0 saturated heterocycles. The minimum Gasteiger partial charge on any atom is -0.334 e. The van der Waals surface area contributed by atoms with Crippen LogP contribution in [0.3, 0.4) is 0 Å². The summed E-state index contributed by atoms with van der Waals surface area (Å²) in [5.41, 5.74) is 6.00. The minimum absolute atomic E-state index is 0.228. The fraction of sp³-hybridized carbons (Fsp3) is 0.333. The molecule has 0 unspecified atom stereocenters. The van der Waals surface area contributed by atoms with Gasteiger partial charge in [-0.3, -0.25) is 0 Å². The van der Waals surface area contributed by atoms with E-state index in [1.807, 2.05) is 0 Å². The molecule has 0 fully saturated rings. The summed E-state index contributed by atoms with van der Waals surface area (Å²) >= 11 is 0. The smallest absolute Gasteiger partial charge is 0.257 e. The predicted molar refractivity (Wildman–Crippen MR) is 70.2 cm³/mol. The molecule has 1 aromatic heterocycles. The molecule has 2 rings (SSSR count). The lowest BCUT2D eigenvalue weighted by Gasteiger charge is -1.99. The van der Waals surface area contributed by atoms with Gasteiger partial charge in [-0.05, 0) is 31.2 Å². The number of nitrogens with two attached hydrogens (primary N) is 1. The molecule has 0 bridgehead atoms. The molecule has 6 nitrogen and oxygen atoms in total. The van der Waals surface area contributed by atoms with Crippen molar-refractivity contribution in [3.05, 3.63) is 30.1 Å². The van der Waals surface area contributed by atoms with Gasteiger partial charge in [0.25, 0.3) is 5.89 Å². The summed E-state index contributed by atoms with van der Waals surface area (Å²) in [6.45, 7) is 0.563. The molecule has 0 aliphatic rings. The quantitative estimate of drug-likeness (QED) is 0.878. The van der Waals surface area contributed by atoms with Crippen LogP contribution in [0.1, 0.15) is 12.2 Å². The molecular weight excluding hydrogens is 266 g/mol. The Morgan fingerprint density at radius 1 is 1.37 bits per heavy atom. The van der Waals surface area contributed by atoms with E-state index in [4.69, 9.17) is 10.3 Å². The molecule has 19 heavy (non-hydrogen) atoms. The van der Waals surface area contributed by atoms with Crippen LogP contribution in [0, 0.1) is 0 Å². The Morgan fingerprint density at radius 2 is 2.16 bits per heavy atom. The number of aryl methyl sites for hydroxylation is 1. The number of nitrogens with zero attached hydrogens (tertiary/aromatic N) is 2. The Labute approximate surface area is 111 Å². The van der Waals surface area contributed by atoms with E-state index in [9.17, 15) is 8.42 Å². The van der Waals surface area contributed by atoms with Gasteiger partial charge < -0.3 is 10.3 Å². The lowest BCUT2D eigenvalue weighted by Crippen LogP contribution is -2.01. The lowest BCUT2D eigenvalue weighted by molar-refractivity contribution is 0.421. The van der Waals surface area contributed by atoms with E-state index in [-0.39, 0.29) is 4.90 Å². The van der Waals surface area contributed by atoms with E-state index in [0.717, 1.165) is 12.7 Å². The highest BCUT2D eigenvalue weighted by Crippen LogP contribution is 2.21. The van der Waals surface area contributed by atoms with Crippen LogP contribution >= 0.6 is 0 Å². The van der Waals surface area contributed by atoms with Crippen molar-refractivity contribution in [1.29, 1.82) is 0 Å². The standard InChI is InChI=1S/C12H15N3O3S/c1-19(16,17)10-5-2-4-9(8-10)12-14-11(15-18-12)6-3-7-13/h2,4-5,8H,3,6-7,13H2,1H3. The Morgan fingerprint density at radius 3 is 2.84 bits per heavy atom. The van der Waals surface area contributed by atoms with Crippen LogP contribution in [0.5, 0.6) is 0 Å². The van der Waals surface area contributed by atoms with Gasteiger partial charge in [0, 0.05) is 18.2 Å². The molecule has 0 atom stereocenters. The van der Waals surface area contributed by atoms with E-state index in [2.05, 4.69) is 10.1 Å². The van der Waals surface area contributed by atoms with E-state index >= 15 is 0 Å². The van der Waals surface area contributed by atoms with Crippen molar-refractivity contribution in [2.24, 2.45) is 5.73 Å². The Bertz CT molecular complexity index is 664. The molecule has 2 N–H and O–H groups in total. The molecule has 7 heteroatoms. The SMILES string of the molecule is CS(=O)(=O)c1cccc(-c2nc(CCCN)no2)c1. The van der Waals surface area contributed by atoms with Gasteiger partial charge in [-0.15, -0.1) is 0 Å². The van der Waals surface area contributed by atoms with Crippen molar-refractivity contribution in [1.82, 2.24) is 10.1 Å². The van der Waals surface area contributed by atoms with Crippen molar-refractivity contribution >= 4 is 9.84 Å². The van der Waals surface area contributed by atoms with E-state index in [0.29, 0.717) is 30.2 Å². The van der Waals surface area contributed by atoms with Crippen LogP contribution in [0.2, 0.25) is 0 Å². The Kier molecular flexibility index (Phi) is 3.96. The van der Waals surface area contributed by atoms with E-state index in [1.54, 1.807) is 12.1 Å². The lowest BCUT2D eigenvalue weighted by atomic mass is 10.2. The highest BCUT2D eigenvalue weighted by Gasteiger charge is 2.12. The summed E-state index contributed by atoms with van der Waals surface area (Å²) < 4.78 is 28.1. The van der Waals surface area contributed by atoms with Crippen molar-refractivity contribution in [2.75, 3.05) is 12.8 Å². The first-order valence-electron chi connectivity index (χ1n) is 5.84. The maximum atomic E-state index is 11.5. The first-order chi connectivity index (χ1) is 9.00. The van der Waals surface area contributed by atoms with Crippen molar-refractivity contribution in [3.63, 3.8) is 0 Å². The summed E-state index contributed by atoms with van der Waals surface area (Å²) in [5.74, 6) is 0.891. The molecular formula is C12H15N3O3S. The molecule has 0 saturated carbocycles. The van der Waals surface area contributed by atoms with Gasteiger partial charge in [0.1, 0.15) is 0 Å². The summed E-state index contributed by atoms with van der Waals surface area (Å²) in [4.78, 5) is 4.44. The number of sulfone groups is 1. The van der Waals surface area contributed by atoms with Gasteiger partial charge in [0.15, 0.2) is 15.7 Å². The minimum atomic E-state index is -3.25. The van der Waals surface area contributed by atoms with Gasteiger partial charge in [-0.25, -0.2) is 8.42 Å². The first-order valence-corrected chi connectivity index (χ1v) is 7.73.